The second-order valence-electron chi connectivity index (χ2n) is 6.49. The van der Waals surface area contributed by atoms with Gasteiger partial charge in [-0.3, -0.25) is 9.59 Å². The van der Waals surface area contributed by atoms with E-state index in [0.29, 0.717) is 17.3 Å². The maximum absolute atomic E-state index is 13.0. The lowest BCUT2D eigenvalue weighted by Gasteiger charge is -2.19. The largest absolute Gasteiger partial charge is 0.338 e. The molecule has 2 aromatic carbocycles. The molecule has 160 valence electrons. The molecule has 2 N–H and O–H groups in total. The molecule has 6 nitrogen and oxygen atoms in total. The molecule has 3 aromatic rings. The Bertz CT molecular complexity index is 1050. The third-order valence-corrected chi connectivity index (χ3v) is 5.78. The Morgan fingerprint density at radius 3 is 2.52 bits per heavy atom. The van der Waals surface area contributed by atoms with Crippen molar-refractivity contribution in [3.63, 3.8) is 0 Å². The maximum Gasteiger partial charge on any atom is 0.272 e. The number of rotatable bonds is 8. The summed E-state index contributed by atoms with van der Waals surface area (Å²) in [6.07, 6.45) is 1.71. The quantitative estimate of drug-likeness (QED) is 0.324. The minimum Gasteiger partial charge on any atom is -0.338 e. The first-order valence-corrected chi connectivity index (χ1v) is 11.7. The third kappa shape index (κ3) is 6.78. The molecule has 9 heteroatoms. The van der Waals surface area contributed by atoms with Gasteiger partial charge in [-0.15, -0.1) is 0 Å². The summed E-state index contributed by atoms with van der Waals surface area (Å²) in [7, 11) is 0. The van der Waals surface area contributed by atoms with Gasteiger partial charge in [0, 0.05) is 16.6 Å². The van der Waals surface area contributed by atoms with Crippen LogP contribution in [0.2, 0.25) is 5.02 Å². The van der Waals surface area contributed by atoms with E-state index in [2.05, 4.69) is 36.5 Å². The van der Waals surface area contributed by atoms with Crippen LogP contribution in [0.3, 0.4) is 0 Å². The van der Waals surface area contributed by atoms with Gasteiger partial charge < -0.3 is 10.6 Å². The number of carbonyl (C=O) groups is 2. The molecule has 0 saturated heterocycles. The SMILES string of the molecule is CCSc1ncc(Cl)c(C(=O)N[C@@H](Cc2ccccc2)C(=O)Nc2ccc(Br)cc2)n1. The molecule has 2 amide bonds. The Balaban J connectivity index is 1.82. The fourth-order valence-corrected chi connectivity index (χ4v) is 3.74. The molecule has 0 saturated carbocycles. The number of hydrogen-bond donors (Lipinski definition) is 2. The van der Waals surface area contributed by atoms with Crippen molar-refractivity contribution in [2.75, 3.05) is 11.1 Å². The van der Waals surface area contributed by atoms with Crippen molar-refractivity contribution in [1.82, 2.24) is 15.3 Å². The monoisotopic (exact) mass is 518 g/mol. The van der Waals surface area contributed by atoms with E-state index >= 15 is 0 Å². The molecule has 31 heavy (non-hydrogen) atoms. The van der Waals surface area contributed by atoms with Gasteiger partial charge in [0.1, 0.15) is 6.04 Å². The second-order valence-corrected chi connectivity index (χ2v) is 9.05. The molecule has 3 rings (SSSR count). The maximum atomic E-state index is 13.0. The van der Waals surface area contributed by atoms with E-state index in [-0.39, 0.29) is 16.6 Å². The zero-order valence-electron chi connectivity index (χ0n) is 16.6. The fourth-order valence-electron chi connectivity index (χ4n) is 2.76. The Morgan fingerprint density at radius 1 is 1.13 bits per heavy atom. The zero-order chi connectivity index (χ0) is 22.2. The second kappa shape index (κ2) is 11.3. The Labute approximate surface area is 198 Å². The summed E-state index contributed by atoms with van der Waals surface area (Å²) in [6, 6.07) is 15.9. The van der Waals surface area contributed by atoms with Gasteiger partial charge in [0.15, 0.2) is 10.9 Å². The molecule has 0 aliphatic rings. The lowest BCUT2D eigenvalue weighted by atomic mass is 10.0. The molecular weight excluding hydrogens is 500 g/mol. The van der Waals surface area contributed by atoms with Crippen molar-refractivity contribution in [1.29, 1.82) is 0 Å². The highest BCUT2D eigenvalue weighted by atomic mass is 79.9. The molecule has 1 heterocycles. The Hall–Kier alpha value is -2.42. The first kappa shape index (κ1) is 23.2. The van der Waals surface area contributed by atoms with Crippen molar-refractivity contribution in [2.24, 2.45) is 0 Å². The van der Waals surface area contributed by atoms with E-state index in [1.807, 2.05) is 49.4 Å². The van der Waals surface area contributed by atoms with Crippen LogP contribution >= 0.6 is 39.3 Å². The third-order valence-electron chi connectivity index (χ3n) is 4.23. The van der Waals surface area contributed by atoms with Gasteiger partial charge >= 0.3 is 0 Å². The van der Waals surface area contributed by atoms with Crippen LogP contribution in [0.4, 0.5) is 5.69 Å². The summed E-state index contributed by atoms with van der Waals surface area (Å²) < 4.78 is 0.902. The number of amides is 2. The Kier molecular flexibility index (Phi) is 8.45. The summed E-state index contributed by atoms with van der Waals surface area (Å²) >= 11 is 10.9. The van der Waals surface area contributed by atoms with Gasteiger partial charge in [-0.05, 0) is 35.6 Å². The van der Waals surface area contributed by atoms with E-state index in [9.17, 15) is 9.59 Å². The molecule has 0 radical (unpaired) electrons. The smallest absolute Gasteiger partial charge is 0.272 e. The summed E-state index contributed by atoms with van der Waals surface area (Å²) in [4.78, 5) is 34.3. The molecular formula is C22H20BrClN4O2S. The lowest BCUT2D eigenvalue weighted by Crippen LogP contribution is -2.45. The number of hydrogen-bond acceptors (Lipinski definition) is 5. The van der Waals surface area contributed by atoms with E-state index < -0.39 is 11.9 Å². The average molecular weight is 520 g/mol. The van der Waals surface area contributed by atoms with E-state index in [0.717, 1.165) is 15.8 Å². The van der Waals surface area contributed by atoms with Crippen LogP contribution in [-0.2, 0) is 11.2 Å². The first-order valence-electron chi connectivity index (χ1n) is 9.53. The molecule has 0 aliphatic heterocycles. The summed E-state index contributed by atoms with van der Waals surface area (Å²) in [5.41, 5.74) is 1.58. The molecule has 0 bridgehead atoms. The number of nitrogens with zero attached hydrogens (tertiary/aromatic N) is 2. The summed E-state index contributed by atoms with van der Waals surface area (Å²) in [5, 5.41) is 6.21. The zero-order valence-corrected chi connectivity index (χ0v) is 19.8. The van der Waals surface area contributed by atoms with E-state index in [1.165, 1.54) is 18.0 Å². The van der Waals surface area contributed by atoms with Crippen LogP contribution in [0.25, 0.3) is 0 Å². The van der Waals surface area contributed by atoms with E-state index in [4.69, 9.17) is 11.6 Å². The minimum atomic E-state index is -0.827. The van der Waals surface area contributed by atoms with Crippen LogP contribution in [0.1, 0.15) is 23.0 Å². The number of aromatic nitrogens is 2. The highest BCUT2D eigenvalue weighted by molar-refractivity contribution is 9.10. The van der Waals surface area contributed by atoms with Crippen LogP contribution in [0.15, 0.2) is 70.4 Å². The number of halogens is 2. The molecule has 0 unspecified atom stereocenters. The molecule has 1 atom stereocenters. The highest BCUT2D eigenvalue weighted by Crippen LogP contribution is 2.19. The predicted octanol–water partition coefficient (Wildman–Crippen LogP) is 4.98. The van der Waals surface area contributed by atoms with Crippen molar-refractivity contribution in [2.45, 2.75) is 24.5 Å². The van der Waals surface area contributed by atoms with Crippen LogP contribution in [0.5, 0.6) is 0 Å². The number of thioether (sulfide) groups is 1. The van der Waals surface area contributed by atoms with Gasteiger partial charge in [0.2, 0.25) is 5.91 Å². The number of benzene rings is 2. The Morgan fingerprint density at radius 2 is 1.84 bits per heavy atom. The van der Waals surface area contributed by atoms with Crippen molar-refractivity contribution in [3.05, 3.63) is 81.5 Å². The van der Waals surface area contributed by atoms with Crippen LogP contribution in [0, 0.1) is 0 Å². The molecule has 0 fully saturated rings. The lowest BCUT2D eigenvalue weighted by molar-refractivity contribution is -0.118. The van der Waals surface area contributed by atoms with Crippen molar-refractivity contribution >= 4 is 56.8 Å². The fraction of sp³-hybridized carbons (Fsp3) is 0.182. The van der Waals surface area contributed by atoms with E-state index in [1.54, 1.807) is 12.1 Å². The van der Waals surface area contributed by atoms with Gasteiger partial charge in [-0.1, -0.05) is 76.5 Å². The highest BCUT2D eigenvalue weighted by Gasteiger charge is 2.24. The van der Waals surface area contributed by atoms with Crippen molar-refractivity contribution in [3.8, 4) is 0 Å². The summed E-state index contributed by atoms with van der Waals surface area (Å²) in [6.45, 7) is 1.96. The van der Waals surface area contributed by atoms with Crippen LogP contribution < -0.4 is 10.6 Å². The van der Waals surface area contributed by atoms with Gasteiger partial charge in [0.05, 0.1) is 11.2 Å². The minimum absolute atomic E-state index is 0.0436. The van der Waals surface area contributed by atoms with Crippen molar-refractivity contribution < 1.29 is 9.59 Å². The molecule has 0 aliphatic carbocycles. The van der Waals surface area contributed by atoms with Gasteiger partial charge in [0.25, 0.3) is 5.91 Å². The molecule has 0 spiro atoms. The number of anilines is 1. The number of carbonyl (C=O) groups excluding carboxylic acids is 2. The normalized spacial score (nSPS) is 11.6. The summed E-state index contributed by atoms with van der Waals surface area (Å²) in [5.74, 6) is -0.111. The van der Waals surface area contributed by atoms with Gasteiger partial charge in [-0.25, -0.2) is 9.97 Å². The van der Waals surface area contributed by atoms with Crippen LogP contribution in [-0.4, -0.2) is 33.6 Å². The number of nitrogens with one attached hydrogen (secondary N) is 2. The standard InChI is InChI=1S/C22H20BrClN4O2S/c1-2-31-22-25-13-17(24)19(28-22)21(30)27-18(12-14-6-4-3-5-7-14)20(29)26-16-10-8-15(23)9-11-16/h3-11,13,18H,2,12H2,1H3,(H,26,29)(H,27,30)/t18-/m0/s1. The first-order chi connectivity index (χ1) is 15.0. The topological polar surface area (TPSA) is 84.0 Å². The predicted molar refractivity (Wildman–Crippen MR) is 128 cm³/mol. The molecule has 1 aromatic heterocycles. The average Bonchev–Trinajstić information content (AvgIpc) is 2.77. The van der Waals surface area contributed by atoms with Gasteiger partial charge in [-0.2, -0.15) is 0 Å².